The summed E-state index contributed by atoms with van der Waals surface area (Å²) < 4.78 is 0. The fourth-order valence-corrected chi connectivity index (χ4v) is 8.87. The van der Waals surface area contributed by atoms with Gasteiger partial charge in [0.25, 0.3) is 0 Å². The smallest absolute Gasteiger partial charge is 0.160 e. The van der Waals surface area contributed by atoms with Crippen LogP contribution in [0.5, 0.6) is 0 Å². The number of fused-ring (bicyclic) bond motifs is 7. The van der Waals surface area contributed by atoms with E-state index in [-0.39, 0.29) is 10.8 Å². The lowest BCUT2D eigenvalue weighted by Gasteiger charge is -2.28. The molecule has 0 fully saturated rings. The van der Waals surface area contributed by atoms with E-state index in [4.69, 9.17) is 9.97 Å². The molecule has 0 aliphatic heterocycles. The van der Waals surface area contributed by atoms with E-state index in [0.717, 1.165) is 33.9 Å². The van der Waals surface area contributed by atoms with E-state index in [2.05, 4.69) is 178 Å². The minimum Gasteiger partial charge on any atom is -0.228 e. The highest BCUT2D eigenvalue weighted by atomic mass is 14.9. The van der Waals surface area contributed by atoms with Crippen LogP contribution in [0.4, 0.5) is 0 Å². The predicted molar refractivity (Wildman–Crippen MR) is 211 cm³/mol. The molecule has 242 valence electrons. The molecule has 8 aromatic rings. The Labute approximate surface area is 299 Å². The van der Waals surface area contributed by atoms with Gasteiger partial charge in [-0.3, -0.25) is 0 Å². The largest absolute Gasteiger partial charge is 0.228 e. The molecule has 2 nitrogen and oxygen atoms in total. The first-order chi connectivity index (χ1) is 24.9. The van der Waals surface area contributed by atoms with E-state index >= 15 is 0 Å². The van der Waals surface area contributed by atoms with Gasteiger partial charge in [-0.1, -0.05) is 153 Å². The van der Waals surface area contributed by atoms with Crippen LogP contribution in [-0.2, 0) is 10.8 Å². The number of aromatic nitrogens is 2. The SMILES string of the molecule is CC1(C)c2cc3ccccc3cc2-c2c(-c3cc(-c4ccc5c(c4)C(C)(c4ccccc4)c4ccccc4-5)nc(-c4ccccc4)n3)cccc21. The Morgan fingerprint density at radius 3 is 1.82 bits per heavy atom. The number of nitrogens with zero attached hydrogens (tertiary/aromatic N) is 2. The first-order valence-electron chi connectivity index (χ1n) is 17.8. The minimum absolute atomic E-state index is 0.139. The Morgan fingerprint density at radius 1 is 0.392 bits per heavy atom. The standard InChI is InChI=1S/C49H36N2/c1-48(2)41-24-14-22-38(46(41)39-27-32-17-10-11-18-33(32)28-42(39)48)45-30-44(50-47(51-45)31-15-6-4-7-16-31)34-25-26-37-36-21-12-13-23-40(36)49(3,43(37)29-34)35-19-8-5-9-20-35/h4-30H,1-3H3. The molecule has 0 saturated heterocycles. The van der Waals surface area contributed by atoms with Crippen LogP contribution in [0.25, 0.3) is 66.9 Å². The summed E-state index contributed by atoms with van der Waals surface area (Å²) in [7, 11) is 0. The first kappa shape index (κ1) is 29.8. The molecular formula is C49H36N2. The molecule has 0 amide bonds. The van der Waals surface area contributed by atoms with Crippen molar-refractivity contribution in [1.29, 1.82) is 0 Å². The molecule has 0 saturated carbocycles. The highest BCUT2D eigenvalue weighted by molar-refractivity contribution is 5.98. The number of benzene rings is 7. The number of hydrogen-bond donors (Lipinski definition) is 0. The Balaban J connectivity index is 1.20. The Morgan fingerprint density at radius 2 is 1.02 bits per heavy atom. The molecule has 7 aromatic carbocycles. The highest BCUT2D eigenvalue weighted by Gasteiger charge is 2.41. The van der Waals surface area contributed by atoms with Crippen molar-refractivity contribution < 1.29 is 0 Å². The van der Waals surface area contributed by atoms with Gasteiger partial charge in [0.05, 0.1) is 11.4 Å². The first-order valence-corrected chi connectivity index (χ1v) is 17.8. The van der Waals surface area contributed by atoms with Crippen LogP contribution in [0.3, 0.4) is 0 Å². The summed E-state index contributed by atoms with van der Waals surface area (Å²) in [5.74, 6) is 0.728. The summed E-state index contributed by atoms with van der Waals surface area (Å²) in [5, 5.41) is 2.53. The number of rotatable bonds is 4. The third kappa shape index (κ3) is 4.36. The van der Waals surface area contributed by atoms with E-state index in [0.29, 0.717) is 0 Å². The second-order valence-corrected chi connectivity index (χ2v) is 14.7. The van der Waals surface area contributed by atoms with Crippen molar-refractivity contribution in [3.8, 4) is 56.2 Å². The Hall–Kier alpha value is -6.12. The molecule has 0 radical (unpaired) electrons. The molecular weight excluding hydrogens is 617 g/mol. The fourth-order valence-electron chi connectivity index (χ4n) is 8.87. The third-order valence-electron chi connectivity index (χ3n) is 11.6. The van der Waals surface area contributed by atoms with Gasteiger partial charge in [0.2, 0.25) is 0 Å². The monoisotopic (exact) mass is 652 g/mol. The average Bonchev–Trinajstić information content (AvgIpc) is 3.58. The quantitative estimate of drug-likeness (QED) is 0.189. The molecule has 0 N–H and O–H groups in total. The Kier molecular flexibility index (Phi) is 6.38. The lowest BCUT2D eigenvalue weighted by molar-refractivity contribution is 0.661. The van der Waals surface area contributed by atoms with E-state index in [1.54, 1.807) is 0 Å². The van der Waals surface area contributed by atoms with E-state index in [1.807, 2.05) is 6.07 Å². The second kappa shape index (κ2) is 10.9. The summed E-state index contributed by atoms with van der Waals surface area (Å²) in [6.07, 6.45) is 0. The number of hydrogen-bond acceptors (Lipinski definition) is 2. The third-order valence-corrected chi connectivity index (χ3v) is 11.6. The van der Waals surface area contributed by atoms with Crippen LogP contribution in [0, 0.1) is 0 Å². The van der Waals surface area contributed by atoms with Gasteiger partial charge in [0.1, 0.15) is 0 Å². The van der Waals surface area contributed by atoms with Crippen molar-refractivity contribution in [3.63, 3.8) is 0 Å². The maximum absolute atomic E-state index is 5.33. The molecule has 2 aliphatic rings. The van der Waals surface area contributed by atoms with Crippen molar-refractivity contribution in [2.45, 2.75) is 31.6 Å². The summed E-state index contributed by atoms with van der Waals surface area (Å²) in [6, 6.07) is 59.5. The van der Waals surface area contributed by atoms with E-state index in [9.17, 15) is 0 Å². The van der Waals surface area contributed by atoms with Gasteiger partial charge in [0.15, 0.2) is 5.82 Å². The molecule has 1 aromatic heterocycles. The van der Waals surface area contributed by atoms with Crippen molar-refractivity contribution >= 4 is 10.8 Å². The molecule has 1 unspecified atom stereocenters. The highest BCUT2D eigenvalue weighted by Crippen LogP contribution is 2.55. The second-order valence-electron chi connectivity index (χ2n) is 14.7. The van der Waals surface area contributed by atoms with Crippen LogP contribution in [-0.4, -0.2) is 9.97 Å². The molecule has 51 heavy (non-hydrogen) atoms. The van der Waals surface area contributed by atoms with Crippen molar-refractivity contribution in [3.05, 3.63) is 192 Å². The summed E-state index contributed by atoms with van der Waals surface area (Å²) in [5.41, 5.74) is 16.4. The molecule has 2 heteroatoms. The minimum atomic E-state index is -0.292. The molecule has 0 bridgehead atoms. The maximum Gasteiger partial charge on any atom is 0.160 e. The van der Waals surface area contributed by atoms with Crippen LogP contribution < -0.4 is 0 Å². The van der Waals surface area contributed by atoms with Crippen molar-refractivity contribution in [2.24, 2.45) is 0 Å². The van der Waals surface area contributed by atoms with E-state index < -0.39 is 0 Å². The van der Waals surface area contributed by atoms with Gasteiger partial charge in [-0.25, -0.2) is 9.97 Å². The van der Waals surface area contributed by atoms with Gasteiger partial charge < -0.3 is 0 Å². The van der Waals surface area contributed by atoms with Gasteiger partial charge in [-0.15, -0.1) is 0 Å². The Bertz CT molecular complexity index is 2670. The zero-order chi connectivity index (χ0) is 34.3. The van der Waals surface area contributed by atoms with Gasteiger partial charge in [-0.05, 0) is 92.0 Å². The van der Waals surface area contributed by atoms with Crippen molar-refractivity contribution in [2.75, 3.05) is 0 Å². The van der Waals surface area contributed by atoms with Crippen LogP contribution >= 0.6 is 0 Å². The average molecular weight is 653 g/mol. The van der Waals surface area contributed by atoms with Crippen LogP contribution in [0.15, 0.2) is 164 Å². The molecule has 2 aliphatic carbocycles. The van der Waals surface area contributed by atoms with Gasteiger partial charge in [-0.2, -0.15) is 0 Å². The topological polar surface area (TPSA) is 25.8 Å². The maximum atomic E-state index is 5.33. The van der Waals surface area contributed by atoms with Gasteiger partial charge >= 0.3 is 0 Å². The lowest BCUT2D eigenvalue weighted by Crippen LogP contribution is -2.22. The predicted octanol–water partition coefficient (Wildman–Crippen LogP) is 12.3. The summed E-state index contributed by atoms with van der Waals surface area (Å²) >= 11 is 0. The van der Waals surface area contributed by atoms with Gasteiger partial charge in [0, 0.05) is 27.5 Å². The summed E-state index contributed by atoms with van der Waals surface area (Å²) in [6.45, 7) is 7.07. The lowest BCUT2D eigenvalue weighted by atomic mass is 9.74. The molecule has 0 spiro atoms. The molecule has 10 rings (SSSR count). The zero-order valence-electron chi connectivity index (χ0n) is 29.0. The zero-order valence-corrected chi connectivity index (χ0v) is 29.0. The van der Waals surface area contributed by atoms with Crippen LogP contribution in [0.2, 0.25) is 0 Å². The van der Waals surface area contributed by atoms with E-state index in [1.165, 1.54) is 60.8 Å². The fraction of sp³-hybridized carbons (Fsp3) is 0.102. The van der Waals surface area contributed by atoms with Crippen molar-refractivity contribution in [1.82, 2.24) is 9.97 Å². The molecule has 1 atom stereocenters. The summed E-state index contributed by atoms with van der Waals surface area (Å²) in [4.78, 5) is 10.6. The normalized spacial score (nSPS) is 16.4. The molecule has 1 heterocycles. The van der Waals surface area contributed by atoms with Crippen LogP contribution in [0.1, 0.15) is 48.6 Å².